The van der Waals surface area contributed by atoms with E-state index < -0.39 is 6.10 Å². The number of carbonyl (C=O) groups is 2. The molecule has 3 aromatic rings. The Bertz CT molecular complexity index is 1190. The largest absolute Gasteiger partial charge is 0.481 e. The number of anilines is 1. The summed E-state index contributed by atoms with van der Waals surface area (Å²) in [6.45, 7) is 8.17. The van der Waals surface area contributed by atoms with Crippen LogP contribution in [0.15, 0.2) is 66.7 Å². The summed E-state index contributed by atoms with van der Waals surface area (Å²) in [6.07, 6.45) is 3.94. The van der Waals surface area contributed by atoms with Gasteiger partial charge in [-0.3, -0.25) is 9.59 Å². The Morgan fingerprint density at radius 1 is 0.853 bits per heavy atom. The number of aryl methyl sites for hydroxylation is 2. The van der Waals surface area contributed by atoms with E-state index in [0.29, 0.717) is 22.6 Å². The van der Waals surface area contributed by atoms with Crippen molar-refractivity contribution < 1.29 is 14.3 Å². The second-order valence-corrected chi connectivity index (χ2v) is 10.1. The molecule has 0 aromatic heterocycles. The maximum absolute atomic E-state index is 13.0. The minimum atomic E-state index is -0.661. The summed E-state index contributed by atoms with van der Waals surface area (Å²) < 4.78 is 5.92. The van der Waals surface area contributed by atoms with Crippen LogP contribution in [-0.2, 0) is 23.1 Å². The first-order valence-corrected chi connectivity index (χ1v) is 12.1. The molecule has 4 rings (SSSR count). The van der Waals surface area contributed by atoms with Crippen LogP contribution in [0.3, 0.4) is 0 Å². The number of hydrogen-bond acceptors (Lipinski definition) is 3. The predicted octanol–water partition coefficient (Wildman–Crippen LogP) is 6.50. The first-order valence-electron chi connectivity index (χ1n) is 12.1. The molecular weight excluding hydrogens is 422 g/mol. The zero-order valence-corrected chi connectivity index (χ0v) is 20.5. The highest BCUT2D eigenvalue weighted by Crippen LogP contribution is 2.26. The van der Waals surface area contributed by atoms with E-state index in [1.54, 1.807) is 31.2 Å². The van der Waals surface area contributed by atoms with Crippen LogP contribution in [0.2, 0.25) is 0 Å². The van der Waals surface area contributed by atoms with E-state index in [9.17, 15) is 9.59 Å². The summed E-state index contributed by atoms with van der Waals surface area (Å²) in [5.74, 6) is 0.387. The molecule has 0 unspecified atom stereocenters. The Morgan fingerprint density at radius 2 is 1.56 bits per heavy atom. The molecule has 0 saturated heterocycles. The van der Waals surface area contributed by atoms with Crippen LogP contribution in [0.25, 0.3) is 0 Å². The molecule has 1 aliphatic carbocycles. The van der Waals surface area contributed by atoms with E-state index in [1.807, 2.05) is 30.3 Å². The fourth-order valence-electron chi connectivity index (χ4n) is 4.31. The van der Waals surface area contributed by atoms with Crippen molar-refractivity contribution in [3.8, 4) is 5.75 Å². The number of nitrogens with one attached hydrogen (secondary N) is 1. The SMILES string of the molecule is C[C@H](Oc1ccc2c(c1)CCCC2)C(=O)Nc1cccc(C(=O)c2ccc(C(C)(C)C)cc2)c1. The zero-order chi connectivity index (χ0) is 24.3. The van der Waals surface area contributed by atoms with Crippen molar-refractivity contribution in [3.05, 3.63) is 94.5 Å². The lowest BCUT2D eigenvalue weighted by molar-refractivity contribution is -0.122. The van der Waals surface area contributed by atoms with Gasteiger partial charge in [0.05, 0.1) is 0 Å². The van der Waals surface area contributed by atoms with Crippen LogP contribution in [0.1, 0.15) is 73.1 Å². The van der Waals surface area contributed by atoms with Crippen molar-refractivity contribution in [1.82, 2.24) is 0 Å². The molecule has 0 aliphatic heterocycles. The molecule has 0 radical (unpaired) electrons. The molecule has 0 bridgehead atoms. The smallest absolute Gasteiger partial charge is 0.265 e. The summed E-state index contributed by atoms with van der Waals surface area (Å²) in [6, 6.07) is 20.9. The van der Waals surface area contributed by atoms with Crippen molar-refractivity contribution in [2.24, 2.45) is 0 Å². The normalized spacial score (nSPS) is 14.1. The van der Waals surface area contributed by atoms with Crippen molar-refractivity contribution in [2.75, 3.05) is 5.32 Å². The molecule has 0 spiro atoms. The standard InChI is InChI=1S/C30H33NO3/c1-20(34-27-17-14-21-8-5-6-9-23(21)19-27)29(33)31-26-11-7-10-24(18-26)28(32)22-12-15-25(16-13-22)30(2,3)4/h7,10-20H,5-6,8-9H2,1-4H3,(H,31,33)/t20-/m0/s1. The van der Waals surface area contributed by atoms with Gasteiger partial charge in [-0.2, -0.15) is 0 Å². The first-order chi connectivity index (χ1) is 16.2. The fraction of sp³-hybridized carbons (Fsp3) is 0.333. The third-order valence-corrected chi connectivity index (χ3v) is 6.41. The van der Waals surface area contributed by atoms with E-state index in [2.05, 4.69) is 38.2 Å². The van der Waals surface area contributed by atoms with E-state index in [1.165, 1.54) is 29.5 Å². The number of hydrogen-bond donors (Lipinski definition) is 1. The van der Waals surface area contributed by atoms with Crippen LogP contribution < -0.4 is 10.1 Å². The van der Waals surface area contributed by atoms with Gasteiger partial charge in [0.2, 0.25) is 0 Å². The molecule has 1 aliphatic rings. The number of ketones is 1. The van der Waals surface area contributed by atoms with Crippen LogP contribution in [0, 0.1) is 0 Å². The summed E-state index contributed by atoms with van der Waals surface area (Å²) >= 11 is 0. The maximum Gasteiger partial charge on any atom is 0.265 e. The average molecular weight is 456 g/mol. The summed E-state index contributed by atoms with van der Waals surface area (Å²) in [5, 5.41) is 2.88. The molecule has 0 saturated carbocycles. The highest BCUT2D eigenvalue weighted by Gasteiger charge is 2.18. The Balaban J connectivity index is 1.41. The van der Waals surface area contributed by atoms with E-state index in [4.69, 9.17) is 4.74 Å². The van der Waals surface area contributed by atoms with Crippen LogP contribution in [0.4, 0.5) is 5.69 Å². The molecular formula is C30H33NO3. The first kappa shape index (κ1) is 23.7. The van der Waals surface area contributed by atoms with Crippen molar-refractivity contribution in [3.63, 3.8) is 0 Å². The summed E-state index contributed by atoms with van der Waals surface area (Å²) in [4.78, 5) is 25.8. The van der Waals surface area contributed by atoms with Crippen LogP contribution in [-0.4, -0.2) is 17.8 Å². The van der Waals surface area contributed by atoms with Gasteiger partial charge in [-0.25, -0.2) is 0 Å². The minimum Gasteiger partial charge on any atom is -0.481 e. The monoisotopic (exact) mass is 455 g/mol. The van der Waals surface area contributed by atoms with Gasteiger partial charge < -0.3 is 10.1 Å². The highest BCUT2D eigenvalue weighted by molar-refractivity contribution is 6.09. The Hall–Kier alpha value is -3.40. The second-order valence-electron chi connectivity index (χ2n) is 10.1. The number of rotatable bonds is 6. The lowest BCUT2D eigenvalue weighted by Gasteiger charge is -2.19. The van der Waals surface area contributed by atoms with Crippen molar-refractivity contribution >= 4 is 17.4 Å². The second kappa shape index (κ2) is 9.84. The topological polar surface area (TPSA) is 55.4 Å². The molecule has 4 heteroatoms. The minimum absolute atomic E-state index is 0.0314. The lowest BCUT2D eigenvalue weighted by Crippen LogP contribution is -2.30. The number of fused-ring (bicyclic) bond motifs is 1. The molecule has 0 fully saturated rings. The average Bonchev–Trinajstić information content (AvgIpc) is 2.83. The van der Waals surface area contributed by atoms with Gasteiger partial charge in [-0.05, 0) is 79.0 Å². The Morgan fingerprint density at radius 3 is 2.26 bits per heavy atom. The fourth-order valence-corrected chi connectivity index (χ4v) is 4.31. The molecule has 176 valence electrons. The molecule has 34 heavy (non-hydrogen) atoms. The third-order valence-electron chi connectivity index (χ3n) is 6.41. The summed E-state index contributed by atoms with van der Waals surface area (Å²) in [5.41, 5.74) is 5.64. The summed E-state index contributed by atoms with van der Waals surface area (Å²) in [7, 11) is 0. The highest BCUT2D eigenvalue weighted by atomic mass is 16.5. The van der Waals surface area contributed by atoms with Gasteiger partial charge in [0.1, 0.15) is 5.75 Å². The van der Waals surface area contributed by atoms with Gasteiger partial charge in [-0.15, -0.1) is 0 Å². The molecule has 0 heterocycles. The van der Waals surface area contributed by atoms with E-state index >= 15 is 0 Å². The quantitative estimate of drug-likeness (QED) is 0.432. The van der Waals surface area contributed by atoms with Gasteiger partial charge in [0.25, 0.3) is 5.91 Å². The molecule has 1 atom stereocenters. The lowest BCUT2D eigenvalue weighted by atomic mass is 9.86. The zero-order valence-electron chi connectivity index (χ0n) is 20.5. The van der Waals surface area contributed by atoms with Crippen LogP contribution in [0.5, 0.6) is 5.75 Å². The molecule has 1 N–H and O–H groups in total. The Labute approximate surface area is 202 Å². The van der Waals surface area contributed by atoms with Crippen LogP contribution >= 0.6 is 0 Å². The van der Waals surface area contributed by atoms with Gasteiger partial charge in [0, 0.05) is 16.8 Å². The van der Waals surface area contributed by atoms with Gasteiger partial charge in [-0.1, -0.05) is 63.2 Å². The number of benzene rings is 3. The van der Waals surface area contributed by atoms with Gasteiger partial charge in [0.15, 0.2) is 11.9 Å². The molecule has 3 aromatic carbocycles. The molecule has 4 nitrogen and oxygen atoms in total. The van der Waals surface area contributed by atoms with E-state index in [-0.39, 0.29) is 17.1 Å². The number of ether oxygens (including phenoxy) is 1. The Kier molecular flexibility index (Phi) is 6.87. The van der Waals surface area contributed by atoms with Crippen molar-refractivity contribution in [1.29, 1.82) is 0 Å². The van der Waals surface area contributed by atoms with Gasteiger partial charge >= 0.3 is 0 Å². The van der Waals surface area contributed by atoms with Crippen molar-refractivity contribution in [2.45, 2.75) is 64.9 Å². The number of amides is 1. The number of carbonyl (C=O) groups excluding carboxylic acids is 2. The third kappa shape index (κ3) is 5.56. The predicted molar refractivity (Wildman–Crippen MR) is 137 cm³/mol. The van der Waals surface area contributed by atoms with E-state index in [0.717, 1.165) is 12.8 Å². The molecule has 1 amide bonds. The maximum atomic E-state index is 13.0.